The number of aromatic nitrogens is 1. The minimum absolute atomic E-state index is 0.285. The molecule has 0 saturated heterocycles. The SMILES string of the molecule is Fc1nc(F)c(F)c(N2CCc3ccccc3CC2)c1F. The van der Waals surface area contributed by atoms with Crippen molar-refractivity contribution in [1.29, 1.82) is 0 Å². The Morgan fingerprint density at radius 1 is 0.810 bits per heavy atom. The largest absolute Gasteiger partial charge is 0.366 e. The molecule has 2 nitrogen and oxygen atoms in total. The third kappa shape index (κ3) is 2.46. The summed E-state index contributed by atoms with van der Waals surface area (Å²) in [5.41, 5.74) is 1.49. The Bertz CT molecular complexity index is 634. The fourth-order valence-electron chi connectivity index (χ4n) is 2.65. The molecule has 0 aliphatic carbocycles. The van der Waals surface area contributed by atoms with Crippen LogP contribution < -0.4 is 4.90 Å². The Morgan fingerprint density at radius 3 is 1.76 bits per heavy atom. The maximum atomic E-state index is 13.8. The highest BCUT2D eigenvalue weighted by atomic mass is 19.2. The van der Waals surface area contributed by atoms with Crippen molar-refractivity contribution >= 4 is 5.69 Å². The number of nitrogens with zero attached hydrogens (tertiary/aromatic N) is 2. The third-order valence-electron chi connectivity index (χ3n) is 3.71. The van der Waals surface area contributed by atoms with E-state index in [1.165, 1.54) is 4.90 Å². The molecule has 1 aromatic carbocycles. The van der Waals surface area contributed by atoms with Crippen LogP contribution in [-0.2, 0) is 12.8 Å². The number of pyridine rings is 1. The first-order valence-corrected chi connectivity index (χ1v) is 6.59. The zero-order valence-corrected chi connectivity index (χ0v) is 11.0. The fourth-order valence-corrected chi connectivity index (χ4v) is 2.65. The molecule has 2 heterocycles. The molecule has 1 aromatic heterocycles. The zero-order valence-electron chi connectivity index (χ0n) is 11.0. The van der Waals surface area contributed by atoms with Crippen LogP contribution in [0.2, 0.25) is 0 Å². The lowest BCUT2D eigenvalue weighted by atomic mass is 10.0. The second kappa shape index (κ2) is 5.35. The van der Waals surface area contributed by atoms with Crippen molar-refractivity contribution in [2.45, 2.75) is 12.8 Å². The van der Waals surface area contributed by atoms with Crippen LogP contribution in [0.4, 0.5) is 23.2 Å². The van der Waals surface area contributed by atoms with E-state index in [4.69, 9.17) is 0 Å². The van der Waals surface area contributed by atoms with E-state index < -0.39 is 29.2 Å². The third-order valence-corrected chi connectivity index (χ3v) is 3.71. The van der Waals surface area contributed by atoms with Gasteiger partial charge in [0.1, 0.15) is 5.69 Å². The second-order valence-electron chi connectivity index (χ2n) is 4.93. The van der Waals surface area contributed by atoms with Crippen molar-refractivity contribution in [2.24, 2.45) is 0 Å². The molecule has 0 fully saturated rings. The molecule has 0 amide bonds. The van der Waals surface area contributed by atoms with Crippen LogP contribution in [0.25, 0.3) is 0 Å². The van der Waals surface area contributed by atoms with Crippen LogP contribution in [0.15, 0.2) is 24.3 Å². The molecule has 0 atom stereocenters. The van der Waals surface area contributed by atoms with Gasteiger partial charge in [0.05, 0.1) is 0 Å². The van der Waals surface area contributed by atoms with E-state index in [9.17, 15) is 17.6 Å². The van der Waals surface area contributed by atoms with Gasteiger partial charge in [-0.05, 0) is 24.0 Å². The van der Waals surface area contributed by atoms with Crippen LogP contribution in [0.3, 0.4) is 0 Å². The molecule has 1 aliphatic heterocycles. The highest BCUT2D eigenvalue weighted by molar-refractivity contribution is 5.50. The van der Waals surface area contributed by atoms with Crippen molar-refractivity contribution < 1.29 is 17.6 Å². The van der Waals surface area contributed by atoms with Gasteiger partial charge >= 0.3 is 0 Å². The predicted molar refractivity (Wildman–Crippen MR) is 70.1 cm³/mol. The van der Waals surface area contributed by atoms with Gasteiger partial charge in [0.2, 0.25) is 11.6 Å². The summed E-state index contributed by atoms with van der Waals surface area (Å²) in [4.78, 5) is 3.91. The van der Waals surface area contributed by atoms with Gasteiger partial charge in [-0.25, -0.2) is 0 Å². The minimum Gasteiger partial charge on any atom is -0.366 e. The number of benzene rings is 1. The maximum absolute atomic E-state index is 13.8. The number of fused-ring (bicyclic) bond motifs is 1. The summed E-state index contributed by atoms with van der Waals surface area (Å²) < 4.78 is 54.0. The molecular formula is C15H12F4N2. The molecule has 0 N–H and O–H groups in total. The maximum Gasteiger partial charge on any atom is 0.253 e. The summed E-state index contributed by atoms with van der Waals surface area (Å²) in [6.45, 7) is 0.571. The topological polar surface area (TPSA) is 16.1 Å². The molecule has 0 radical (unpaired) electrons. The number of rotatable bonds is 1. The van der Waals surface area contributed by atoms with E-state index in [2.05, 4.69) is 4.98 Å². The van der Waals surface area contributed by atoms with Crippen molar-refractivity contribution in [3.05, 3.63) is 58.9 Å². The van der Waals surface area contributed by atoms with Gasteiger partial charge in [0.25, 0.3) is 11.9 Å². The average Bonchev–Trinajstić information content (AvgIpc) is 2.69. The summed E-state index contributed by atoms with van der Waals surface area (Å²) in [7, 11) is 0. The molecular weight excluding hydrogens is 284 g/mol. The van der Waals surface area contributed by atoms with Crippen molar-refractivity contribution in [1.82, 2.24) is 4.98 Å². The number of hydrogen-bond donors (Lipinski definition) is 0. The van der Waals surface area contributed by atoms with E-state index in [-0.39, 0.29) is 13.1 Å². The minimum atomic E-state index is -1.62. The molecule has 3 rings (SSSR count). The lowest BCUT2D eigenvalue weighted by Gasteiger charge is -2.23. The lowest BCUT2D eigenvalue weighted by Crippen LogP contribution is -2.29. The van der Waals surface area contributed by atoms with E-state index >= 15 is 0 Å². The smallest absolute Gasteiger partial charge is 0.253 e. The number of halogens is 4. The lowest BCUT2D eigenvalue weighted by molar-refractivity contribution is 0.406. The standard InChI is InChI=1S/C15H12F4N2/c16-11-13(12(17)15(19)20-14(11)18)21-7-5-9-3-1-2-4-10(9)6-8-21/h1-4H,5-8H2. The van der Waals surface area contributed by atoms with Gasteiger partial charge in [-0.3, -0.25) is 0 Å². The van der Waals surface area contributed by atoms with Crippen molar-refractivity contribution in [2.75, 3.05) is 18.0 Å². The van der Waals surface area contributed by atoms with Gasteiger partial charge in [-0.1, -0.05) is 24.3 Å². The summed E-state index contributed by atoms with van der Waals surface area (Å²) in [6.07, 6.45) is 1.11. The van der Waals surface area contributed by atoms with Crippen LogP contribution in [0.1, 0.15) is 11.1 Å². The Morgan fingerprint density at radius 2 is 1.29 bits per heavy atom. The van der Waals surface area contributed by atoms with Gasteiger partial charge in [-0.2, -0.15) is 22.5 Å². The summed E-state index contributed by atoms with van der Waals surface area (Å²) in [5, 5.41) is 0. The van der Waals surface area contributed by atoms with Crippen LogP contribution in [-0.4, -0.2) is 18.1 Å². The summed E-state index contributed by atoms with van der Waals surface area (Å²) in [5.74, 6) is -6.13. The number of hydrogen-bond acceptors (Lipinski definition) is 2. The molecule has 0 saturated carbocycles. The van der Waals surface area contributed by atoms with E-state index in [0.717, 1.165) is 11.1 Å². The van der Waals surface area contributed by atoms with Crippen LogP contribution in [0.5, 0.6) is 0 Å². The zero-order chi connectivity index (χ0) is 15.0. The van der Waals surface area contributed by atoms with Gasteiger partial charge in [0, 0.05) is 13.1 Å². The highest BCUT2D eigenvalue weighted by Crippen LogP contribution is 2.28. The molecule has 21 heavy (non-hydrogen) atoms. The molecule has 0 unspecified atom stereocenters. The van der Waals surface area contributed by atoms with Crippen LogP contribution in [0, 0.1) is 23.5 Å². The van der Waals surface area contributed by atoms with E-state index in [0.29, 0.717) is 12.8 Å². The van der Waals surface area contributed by atoms with Crippen molar-refractivity contribution in [3.8, 4) is 0 Å². The molecule has 110 valence electrons. The van der Waals surface area contributed by atoms with Crippen LogP contribution >= 0.6 is 0 Å². The Balaban J connectivity index is 1.97. The molecule has 0 bridgehead atoms. The normalized spacial score (nSPS) is 14.8. The predicted octanol–water partition coefficient (Wildman–Crippen LogP) is 3.24. The monoisotopic (exact) mass is 296 g/mol. The first-order chi connectivity index (χ1) is 10.1. The van der Waals surface area contributed by atoms with E-state index in [1.54, 1.807) is 0 Å². The molecule has 6 heteroatoms. The Hall–Kier alpha value is -2.11. The Kier molecular flexibility index (Phi) is 3.53. The van der Waals surface area contributed by atoms with E-state index in [1.807, 2.05) is 24.3 Å². The quantitative estimate of drug-likeness (QED) is 0.593. The fraction of sp³-hybridized carbons (Fsp3) is 0.267. The van der Waals surface area contributed by atoms with Gasteiger partial charge < -0.3 is 4.90 Å². The van der Waals surface area contributed by atoms with Gasteiger partial charge in [-0.15, -0.1) is 0 Å². The molecule has 1 aliphatic rings. The molecule has 2 aromatic rings. The summed E-state index contributed by atoms with van der Waals surface area (Å²) in [6, 6.07) is 7.67. The van der Waals surface area contributed by atoms with Crippen molar-refractivity contribution in [3.63, 3.8) is 0 Å². The van der Waals surface area contributed by atoms with Gasteiger partial charge in [0.15, 0.2) is 0 Å². The Labute approximate surface area is 119 Å². The average molecular weight is 296 g/mol. The first-order valence-electron chi connectivity index (χ1n) is 6.59. The second-order valence-corrected chi connectivity index (χ2v) is 4.93. The number of anilines is 1. The molecule has 0 spiro atoms. The summed E-state index contributed by atoms with van der Waals surface area (Å²) >= 11 is 0. The highest BCUT2D eigenvalue weighted by Gasteiger charge is 2.26. The first kappa shape index (κ1) is 13.9.